The van der Waals surface area contributed by atoms with Crippen molar-refractivity contribution >= 4 is 40.8 Å². The van der Waals surface area contributed by atoms with Crippen molar-refractivity contribution in [3.8, 4) is 5.75 Å². The predicted molar refractivity (Wildman–Crippen MR) is 211 cm³/mol. The van der Waals surface area contributed by atoms with E-state index in [9.17, 15) is 14.4 Å². The molecule has 10 nitrogen and oxygen atoms in total. The van der Waals surface area contributed by atoms with Gasteiger partial charge in [-0.3, -0.25) is 14.5 Å². The summed E-state index contributed by atoms with van der Waals surface area (Å²) in [6, 6.07) is 20.4. The molecule has 3 fully saturated rings. The lowest BCUT2D eigenvalue weighted by molar-refractivity contribution is -0.145. The van der Waals surface area contributed by atoms with Crippen LogP contribution in [0.1, 0.15) is 61.8 Å². The predicted octanol–water partition coefficient (Wildman–Crippen LogP) is 6.25. The van der Waals surface area contributed by atoms with E-state index < -0.39 is 18.2 Å². The van der Waals surface area contributed by atoms with Crippen molar-refractivity contribution in [2.24, 2.45) is 5.41 Å². The topological polar surface area (TPSA) is 97.5 Å². The number of amides is 3. The molecular weight excluding hydrogens is 708 g/mol. The first-order valence-electron chi connectivity index (χ1n) is 19.2. The molecule has 2 N–H and O–H groups in total. The molecule has 3 heterocycles. The van der Waals surface area contributed by atoms with E-state index in [-0.39, 0.29) is 43.2 Å². The maximum absolute atomic E-state index is 14.6. The molecule has 0 radical (unpaired) electrons. The summed E-state index contributed by atoms with van der Waals surface area (Å²) >= 11 is 7.84. The molecule has 3 amide bonds. The smallest absolute Gasteiger partial charge is 0.409 e. The lowest BCUT2D eigenvalue weighted by Crippen LogP contribution is -2.64. The van der Waals surface area contributed by atoms with Gasteiger partial charge in [-0.15, -0.1) is 11.3 Å². The van der Waals surface area contributed by atoms with E-state index in [0.717, 1.165) is 69.6 Å². The summed E-state index contributed by atoms with van der Waals surface area (Å²) in [7, 11) is 4.14. The number of unbranched alkanes of at least 4 members (excludes halogenated alkanes) is 1. The number of nitrogens with zero attached hydrogens (tertiary/aromatic N) is 4. The standard InChI is InChI=1S/C41H55ClN6O4S/c1-45(2)22-9-8-15-35(44-32-17-19-41(20-18-32)21-23-46(30-41)28-31-11-4-3-5-12-31)39(50)48-25-24-47(40(51)52-37-16-7-6-14-34(37)42)29-36(48)38(49)43-27-33-13-10-26-53-33/h3-7,10-14,16,26,32,35-36,44H,8-9,15,17-25,27-30H2,1-2H3,(H,43,49)/t32?,35?,36-,41?/m0/s1. The van der Waals surface area contributed by atoms with E-state index in [4.69, 9.17) is 16.3 Å². The molecule has 2 atom stereocenters. The van der Waals surface area contributed by atoms with Crippen LogP contribution in [0.2, 0.25) is 5.02 Å². The van der Waals surface area contributed by atoms with E-state index >= 15 is 0 Å². The minimum atomic E-state index is -0.857. The fourth-order valence-electron chi connectivity index (χ4n) is 8.18. The average Bonchev–Trinajstić information content (AvgIpc) is 3.83. The highest BCUT2D eigenvalue weighted by molar-refractivity contribution is 7.09. The van der Waals surface area contributed by atoms with Gasteiger partial charge in [0.05, 0.1) is 24.2 Å². The Labute approximate surface area is 323 Å². The lowest BCUT2D eigenvalue weighted by Gasteiger charge is -2.43. The number of carbonyl (C=O) groups is 3. The second-order valence-corrected chi connectivity index (χ2v) is 16.8. The molecule has 1 saturated carbocycles. The zero-order chi connectivity index (χ0) is 37.2. The van der Waals surface area contributed by atoms with Crippen molar-refractivity contribution in [2.45, 2.75) is 82.6 Å². The van der Waals surface area contributed by atoms with Crippen LogP contribution in [0.4, 0.5) is 4.79 Å². The van der Waals surface area contributed by atoms with Crippen molar-refractivity contribution < 1.29 is 19.1 Å². The van der Waals surface area contributed by atoms with Crippen LogP contribution in [0.3, 0.4) is 0 Å². The van der Waals surface area contributed by atoms with Crippen LogP contribution in [0, 0.1) is 5.41 Å². The Bertz CT molecular complexity index is 1630. The van der Waals surface area contributed by atoms with Gasteiger partial charge in [0, 0.05) is 37.1 Å². The third-order valence-corrected chi connectivity index (χ3v) is 12.4. The Morgan fingerprint density at radius 3 is 2.47 bits per heavy atom. The third-order valence-electron chi connectivity index (χ3n) is 11.2. The molecule has 53 heavy (non-hydrogen) atoms. The van der Waals surface area contributed by atoms with Crippen molar-refractivity contribution in [3.05, 3.63) is 87.6 Å². The maximum Gasteiger partial charge on any atom is 0.415 e. The van der Waals surface area contributed by atoms with Crippen LogP contribution in [0.5, 0.6) is 5.75 Å². The molecular formula is C41H55ClN6O4S. The Kier molecular flexibility index (Phi) is 13.8. The number of piperazine rings is 1. The number of carbonyl (C=O) groups excluding carboxylic acids is 3. The third kappa shape index (κ3) is 10.8. The lowest BCUT2D eigenvalue weighted by atomic mass is 9.72. The van der Waals surface area contributed by atoms with Gasteiger partial charge < -0.3 is 30.1 Å². The van der Waals surface area contributed by atoms with Gasteiger partial charge in [-0.1, -0.05) is 66.6 Å². The van der Waals surface area contributed by atoms with Crippen LogP contribution >= 0.6 is 22.9 Å². The van der Waals surface area contributed by atoms with Gasteiger partial charge >= 0.3 is 6.09 Å². The summed E-state index contributed by atoms with van der Waals surface area (Å²) in [4.78, 5) is 50.9. The monoisotopic (exact) mass is 762 g/mol. The van der Waals surface area contributed by atoms with Crippen LogP contribution in [0.25, 0.3) is 0 Å². The SMILES string of the molecule is CN(C)CCCCC(NC1CCC2(CC1)CCN(Cc1ccccc1)C2)C(=O)N1CCN(C(=O)Oc2ccccc2Cl)C[C@H]1C(=O)NCc1cccs1. The summed E-state index contributed by atoms with van der Waals surface area (Å²) in [5, 5.41) is 9.15. The number of hydrogen-bond acceptors (Lipinski definition) is 8. The van der Waals surface area contributed by atoms with Crippen molar-refractivity contribution in [1.29, 1.82) is 0 Å². The molecule has 1 spiro atoms. The highest BCUT2D eigenvalue weighted by atomic mass is 35.5. The number of likely N-dealkylation sites (tertiary alicyclic amines) is 1. The maximum atomic E-state index is 14.6. The molecule has 3 aromatic rings. The van der Waals surface area contributed by atoms with Gasteiger partial charge in [-0.2, -0.15) is 0 Å². The molecule has 1 aliphatic carbocycles. The fraction of sp³-hybridized carbons (Fsp3) is 0.537. The molecule has 1 unspecified atom stereocenters. The van der Waals surface area contributed by atoms with E-state index in [1.54, 1.807) is 40.5 Å². The second kappa shape index (κ2) is 18.7. The minimum absolute atomic E-state index is 0.0318. The Hall–Kier alpha value is -3.48. The van der Waals surface area contributed by atoms with Gasteiger partial charge in [-0.25, -0.2) is 4.79 Å². The first-order chi connectivity index (χ1) is 25.7. The van der Waals surface area contributed by atoms with Crippen molar-refractivity contribution in [3.63, 3.8) is 0 Å². The van der Waals surface area contributed by atoms with Gasteiger partial charge in [0.1, 0.15) is 6.04 Å². The van der Waals surface area contributed by atoms with Crippen LogP contribution in [0.15, 0.2) is 72.1 Å². The molecule has 2 aliphatic heterocycles. The highest BCUT2D eigenvalue weighted by Crippen LogP contribution is 2.44. The summed E-state index contributed by atoms with van der Waals surface area (Å²) in [5.74, 6) is -0.0937. The molecule has 0 bridgehead atoms. The first-order valence-corrected chi connectivity index (χ1v) is 20.4. The van der Waals surface area contributed by atoms with E-state index in [1.165, 1.54) is 16.9 Å². The zero-order valence-corrected chi connectivity index (χ0v) is 32.8. The second-order valence-electron chi connectivity index (χ2n) is 15.3. The van der Waals surface area contributed by atoms with E-state index in [0.29, 0.717) is 23.4 Å². The molecule has 6 rings (SSSR count). The van der Waals surface area contributed by atoms with Gasteiger partial charge in [0.2, 0.25) is 11.8 Å². The molecule has 12 heteroatoms. The zero-order valence-electron chi connectivity index (χ0n) is 31.2. The number of benzene rings is 2. The summed E-state index contributed by atoms with van der Waals surface area (Å²) < 4.78 is 5.64. The number of para-hydroxylation sites is 1. The van der Waals surface area contributed by atoms with E-state index in [2.05, 4.69) is 64.9 Å². The Morgan fingerprint density at radius 1 is 0.962 bits per heavy atom. The number of hydrogen-bond donors (Lipinski definition) is 2. The minimum Gasteiger partial charge on any atom is -0.409 e. The Morgan fingerprint density at radius 2 is 1.74 bits per heavy atom. The van der Waals surface area contributed by atoms with Gasteiger partial charge in [-0.05, 0) is 107 Å². The number of ether oxygens (including phenoxy) is 1. The number of halogens is 1. The quantitative estimate of drug-likeness (QED) is 0.188. The Balaban J connectivity index is 1.12. The highest BCUT2D eigenvalue weighted by Gasteiger charge is 2.43. The molecule has 2 aromatic carbocycles. The van der Waals surface area contributed by atoms with Crippen molar-refractivity contribution in [2.75, 3.05) is 53.4 Å². The van der Waals surface area contributed by atoms with Crippen LogP contribution in [-0.2, 0) is 22.7 Å². The van der Waals surface area contributed by atoms with Crippen LogP contribution in [-0.4, -0.2) is 109 Å². The van der Waals surface area contributed by atoms with Gasteiger partial charge in [0.15, 0.2) is 5.75 Å². The summed E-state index contributed by atoms with van der Waals surface area (Å²) in [5.41, 5.74) is 1.71. The summed E-state index contributed by atoms with van der Waals surface area (Å²) in [6.07, 6.45) is 7.57. The largest absolute Gasteiger partial charge is 0.415 e. The molecule has 2 saturated heterocycles. The molecule has 3 aliphatic rings. The number of nitrogens with one attached hydrogen (secondary N) is 2. The first kappa shape index (κ1) is 39.2. The fourth-order valence-corrected chi connectivity index (χ4v) is 9.00. The average molecular weight is 763 g/mol. The van der Waals surface area contributed by atoms with Crippen molar-refractivity contribution in [1.82, 2.24) is 30.2 Å². The van der Waals surface area contributed by atoms with E-state index in [1.807, 2.05) is 17.5 Å². The summed E-state index contributed by atoms with van der Waals surface area (Å²) in [6.45, 7) is 5.09. The number of rotatable bonds is 14. The number of thiophene rings is 1. The molecule has 1 aromatic heterocycles. The van der Waals surface area contributed by atoms with Crippen LogP contribution < -0.4 is 15.4 Å². The normalized spacial score (nSPS) is 22.6. The molecule has 286 valence electrons. The van der Waals surface area contributed by atoms with Gasteiger partial charge in [0.25, 0.3) is 0 Å².